The number of hydrogen-bond donors (Lipinski definition) is 1. The second kappa shape index (κ2) is 14.0. The number of rotatable bonds is 7. The van der Waals surface area contributed by atoms with Crippen molar-refractivity contribution in [2.45, 2.75) is 6.54 Å². The largest absolute Gasteiger partial charge is 0.456 e. The van der Waals surface area contributed by atoms with Gasteiger partial charge in [-0.1, -0.05) is 140 Å². The minimum Gasteiger partial charge on any atom is -0.456 e. The molecule has 266 valence electrons. The zero-order chi connectivity index (χ0) is 37.4. The number of aromatic nitrogens is 1. The van der Waals surface area contributed by atoms with E-state index in [1.54, 1.807) is 0 Å². The van der Waals surface area contributed by atoms with Gasteiger partial charge in [0.05, 0.1) is 23.3 Å². The van der Waals surface area contributed by atoms with Crippen LogP contribution in [0.3, 0.4) is 0 Å². The highest BCUT2D eigenvalue weighted by Crippen LogP contribution is 2.39. The molecule has 10 rings (SSSR count). The van der Waals surface area contributed by atoms with Crippen LogP contribution in [0.15, 0.2) is 209 Å². The molecule has 0 radical (unpaired) electrons. The Hall–Kier alpha value is -7.50. The van der Waals surface area contributed by atoms with Gasteiger partial charge in [0.2, 0.25) is 0 Å². The van der Waals surface area contributed by atoms with Crippen molar-refractivity contribution in [3.05, 3.63) is 211 Å². The van der Waals surface area contributed by atoms with Crippen molar-refractivity contribution >= 4 is 55.4 Å². The zero-order valence-electron chi connectivity index (χ0n) is 30.5. The van der Waals surface area contributed by atoms with Crippen LogP contribution in [0.1, 0.15) is 16.7 Å². The number of aliphatic imine (C=N–C) groups is 2. The predicted molar refractivity (Wildman–Crippen MR) is 233 cm³/mol. The Morgan fingerprint density at radius 3 is 1.95 bits per heavy atom. The van der Waals surface area contributed by atoms with Crippen molar-refractivity contribution in [3.8, 4) is 27.9 Å². The molecule has 10 aromatic rings. The molecular formula is C51H36N4O. The second-order valence-corrected chi connectivity index (χ2v) is 14.0. The van der Waals surface area contributed by atoms with E-state index in [4.69, 9.17) is 20.1 Å². The van der Waals surface area contributed by atoms with Crippen LogP contribution in [0.25, 0.3) is 71.7 Å². The van der Waals surface area contributed by atoms with Crippen molar-refractivity contribution in [2.24, 2.45) is 15.7 Å². The van der Waals surface area contributed by atoms with Gasteiger partial charge in [0.1, 0.15) is 17.0 Å². The standard InChI is InChI=1S/C51H36N4O/c52-50(36-18-8-3-9-19-36)54-51(53-33-34-14-4-1-5-15-34)39-26-29-46(43(31-39)35-16-6-2-7-17-35)55-45-22-12-10-20-40(45)44-30-37(25-28-47(44)55)38-24-27-42-41-21-11-13-23-48(41)56-49(42)32-38/h1-32H,33H2,(H2,52,53,54). The molecule has 0 aliphatic carbocycles. The summed E-state index contributed by atoms with van der Waals surface area (Å²) in [6.45, 7) is 0.475. The van der Waals surface area contributed by atoms with Crippen LogP contribution in [0.4, 0.5) is 0 Å². The molecule has 2 N–H and O–H groups in total. The monoisotopic (exact) mass is 720 g/mol. The lowest BCUT2D eigenvalue weighted by Gasteiger charge is -2.16. The molecule has 2 aromatic heterocycles. The predicted octanol–water partition coefficient (Wildman–Crippen LogP) is 12.4. The number of nitrogens with two attached hydrogens (primary N) is 1. The minimum atomic E-state index is 0.417. The Morgan fingerprint density at radius 1 is 0.482 bits per heavy atom. The van der Waals surface area contributed by atoms with Crippen LogP contribution < -0.4 is 5.73 Å². The summed E-state index contributed by atoms with van der Waals surface area (Å²) in [7, 11) is 0. The van der Waals surface area contributed by atoms with Gasteiger partial charge in [0.15, 0.2) is 5.84 Å². The molecule has 0 atom stereocenters. The molecule has 56 heavy (non-hydrogen) atoms. The van der Waals surface area contributed by atoms with Crippen molar-refractivity contribution in [3.63, 3.8) is 0 Å². The van der Waals surface area contributed by atoms with E-state index in [0.717, 1.165) is 77.6 Å². The number of benzene rings is 8. The lowest BCUT2D eigenvalue weighted by atomic mass is 9.99. The summed E-state index contributed by atoms with van der Waals surface area (Å²) in [6, 6.07) is 67.3. The molecule has 0 aliphatic rings. The summed E-state index contributed by atoms with van der Waals surface area (Å²) in [5.74, 6) is 0.993. The number of nitrogens with zero attached hydrogens (tertiary/aromatic N) is 3. The highest BCUT2D eigenvalue weighted by Gasteiger charge is 2.19. The van der Waals surface area contributed by atoms with E-state index in [1.165, 1.54) is 10.8 Å². The van der Waals surface area contributed by atoms with Gasteiger partial charge in [-0.05, 0) is 76.9 Å². The molecule has 8 aromatic carbocycles. The van der Waals surface area contributed by atoms with Crippen LogP contribution in [-0.4, -0.2) is 16.2 Å². The van der Waals surface area contributed by atoms with Crippen LogP contribution >= 0.6 is 0 Å². The Kier molecular flexibility index (Phi) is 8.30. The fraction of sp³-hybridized carbons (Fsp3) is 0.0196. The molecule has 0 amide bonds. The molecule has 0 saturated carbocycles. The number of furan rings is 1. The summed E-state index contributed by atoms with van der Waals surface area (Å²) in [5, 5.41) is 4.62. The van der Waals surface area contributed by atoms with E-state index < -0.39 is 0 Å². The quantitative estimate of drug-likeness (QED) is 0.132. The van der Waals surface area contributed by atoms with Crippen LogP contribution in [-0.2, 0) is 6.54 Å². The van der Waals surface area contributed by atoms with Crippen molar-refractivity contribution in [1.29, 1.82) is 0 Å². The number of para-hydroxylation sites is 2. The maximum absolute atomic E-state index is 6.64. The Bertz CT molecular complexity index is 3100. The molecule has 0 fully saturated rings. The van der Waals surface area contributed by atoms with Crippen LogP contribution in [0, 0.1) is 0 Å². The first-order valence-electron chi connectivity index (χ1n) is 18.8. The fourth-order valence-electron chi connectivity index (χ4n) is 7.76. The van der Waals surface area contributed by atoms with Gasteiger partial charge < -0.3 is 14.7 Å². The van der Waals surface area contributed by atoms with Gasteiger partial charge >= 0.3 is 0 Å². The van der Waals surface area contributed by atoms with E-state index in [0.29, 0.717) is 18.2 Å². The average Bonchev–Trinajstić information content (AvgIpc) is 3.81. The highest BCUT2D eigenvalue weighted by molar-refractivity contribution is 6.13. The topological polar surface area (TPSA) is 68.8 Å². The molecule has 0 saturated heterocycles. The zero-order valence-corrected chi connectivity index (χ0v) is 30.5. The summed E-state index contributed by atoms with van der Waals surface area (Å²) in [6.07, 6.45) is 0. The van der Waals surface area contributed by atoms with Gasteiger partial charge in [0.25, 0.3) is 0 Å². The van der Waals surface area contributed by atoms with Gasteiger partial charge in [0, 0.05) is 38.2 Å². The van der Waals surface area contributed by atoms with E-state index in [9.17, 15) is 0 Å². The smallest absolute Gasteiger partial charge is 0.157 e. The van der Waals surface area contributed by atoms with Crippen molar-refractivity contribution in [1.82, 2.24) is 4.57 Å². The number of amidine groups is 2. The van der Waals surface area contributed by atoms with Crippen molar-refractivity contribution < 1.29 is 4.42 Å². The molecule has 2 heterocycles. The first kappa shape index (κ1) is 33.1. The third-order valence-corrected chi connectivity index (χ3v) is 10.5. The fourth-order valence-corrected chi connectivity index (χ4v) is 7.76. The molecule has 0 bridgehead atoms. The maximum Gasteiger partial charge on any atom is 0.157 e. The summed E-state index contributed by atoms with van der Waals surface area (Å²) in [4.78, 5) is 10.0. The molecular weight excluding hydrogens is 685 g/mol. The Morgan fingerprint density at radius 2 is 1.12 bits per heavy atom. The number of fused-ring (bicyclic) bond motifs is 6. The molecule has 0 unspecified atom stereocenters. The first-order valence-corrected chi connectivity index (χ1v) is 18.8. The van der Waals surface area contributed by atoms with E-state index in [1.807, 2.05) is 60.7 Å². The SMILES string of the molecule is NC(=NC(=NCc1ccccc1)c1ccc(-n2c3ccccc3c3cc(-c4ccc5c(c4)oc4ccccc45)ccc32)c(-c2ccccc2)c1)c1ccccc1. The molecule has 0 spiro atoms. The Labute approximate surface area is 324 Å². The Balaban J connectivity index is 1.14. The normalized spacial score (nSPS) is 12.3. The van der Waals surface area contributed by atoms with Gasteiger partial charge in [-0.3, -0.25) is 4.99 Å². The minimum absolute atomic E-state index is 0.417. The molecule has 5 nitrogen and oxygen atoms in total. The summed E-state index contributed by atoms with van der Waals surface area (Å²) < 4.78 is 8.65. The lowest BCUT2D eigenvalue weighted by Crippen LogP contribution is -2.16. The average molecular weight is 721 g/mol. The number of hydrogen-bond acceptors (Lipinski definition) is 2. The third-order valence-electron chi connectivity index (χ3n) is 10.5. The first-order chi connectivity index (χ1) is 27.7. The molecule has 5 heteroatoms. The van der Waals surface area contributed by atoms with E-state index in [2.05, 4.69) is 138 Å². The highest BCUT2D eigenvalue weighted by atomic mass is 16.3. The van der Waals surface area contributed by atoms with E-state index >= 15 is 0 Å². The van der Waals surface area contributed by atoms with Crippen LogP contribution in [0.2, 0.25) is 0 Å². The second-order valence-electron chi connectivity index (χ2n) is 14.0. The van der Waals surface area contributed by atoms with Gasteiger partial charge in [-0.15, -0.1) is 0 Å². The van der Waals surface area contributed by atoms with Gasteiger partial charge in [-0.25, -0.2) is 4.99 Å². The van der Waals surface area contributed by atoms with Gasteiger partial charge in [-0.2, -0.15) is 0 Å². The maximum atomic E-state index is 6.64. The van der Waals surface area contributed by atoms with Crippen LogP contribution in [0.5, 0.6) is 0 Å². The van der Waals surface area contributed by atoms with Crippen molar-refractivity contribution in [2.75, 3.05) is 0 Å². The summed E-state index contributed by atoms with van der Waals surface area (Å²) >= 11 is 0. The molecule has 0 aliphatic heterocycles. The van der Waals surface area contributed by atoms with E-state index in [-0.39, 0.29) is 0 Å². The summed E-state index contributed by atoms with van der Waals surface area (Å²) in [5.41, 5.74) is 19.0. The lowest BCUT2D eigenvalue weighted by molar-refractivity contribution is 0.669. The third kappa shape index (κ3) is 6.02.